The standard InChI is InChI=1S/C21H32N2OS/c1-12(18-8-13-2-3-17(18)7-13)22-20(25)23-19(24)21-9-14-4-15(10-21)6-16(5-14)11-21/h12-18H,2-11H2,1H3,(H2,22,23,24,25)/t12-,13-,14?,15?,16?,17-,18+,21?/m1/s1. The van der Waals surface area contributed by atoms with E-state index in [9.17, 15) is 4.79 Å². The van der Waals surface area contributed by atoms with Gasteiger partial charge in [-0.05, 0) is 112 Å². The molecule has 2 N–H and O–H groups in total. The van der Waals surface area contributed by atoms with Crippen LogP contribution < -0.4 is 10.6 Å². The summed E-state index contributed by atoms with van der Waals surface area (Å²) >= 11 is 5.54. The second-order valence-corrected chi connectivity index (χ2v) is 10.7. The number of hydrogen-bond donors (Lipinski definition) is 2. The fraction of sp³-hybridized carbons (Fsp3) is 0.905. The van der Waals surface area contributed by atoms with Crippen LogP contribution >= 0.6 is 12.2 Å². The second-order valence-electron chi connectivity index (χ2n) is 10.3. The summed E-state index contributed by atoms with van der Waals surface area (Å²) in [6, 6.07) is 0.388. The van der Waals surface area contributed by atoms with Crippen LogP contribution in [-0.2, 0) is 4.79 Å². The smallest absolute Gasteiger partial charge is 0.232 e. The molecule has 6 aliphatic carbocycles. The summed E-state index contributed by atoms with van der Waals surface area (Å²) in [7, 11) is 0. The van der Waals surface area contributed by atoms with Crippen LogP contribution in [0, 0.1) is 40.9 Å². The van der Waals surface area contributed by atoms with Gasteiger partial charge in [0.05, 0.1) is 5.41 Å². The Kier molecular flexibility index (Phi) is 3.92. The number of amides is 1. The van der Waals surface area contributed by atoms with E-state index in [0.29, 0.717) is 11.2 Å². The lowest BCUT2D eigenvalue weighted by molar-refractivity contribution is -0.144. The van der Waals surface area contributed by atoms with Gasteiger partial charge < -0.3 is 10.6 Å². The zero-order chi connectivity index (χ0) is 17.2. The summed E-state index contributed by atoms with van der Waals surface area (Å²) in [4.78, 5) is 13.1. The van der Waals surface area contributed by atoms with Crippen LogP contribution in [0.2, 0.25) is 0 Å². The molecule has 4 atom stereocenters. The van der Waals surface area contributed by atoms with Crippen molar-refractivity contribution in [3.63, 3.8) is 0 Å². The monoisotopic (exact) mass is 360 g/mol. The maximum absolute atomic E-state index is 13.1. The molecule has 3 nitrogen and oxygen atoms in total. The van der Waals surface area contributed by atoms with E-state index in [4.69, 9.17) is 12.2 Å². The molecule has 0 aliphatic heterocycles. The third-order valence-corrected chi connectivity index (χ3v) is 8.76. The van der Waals surface area contributed by atoms with Gasteiger partial charge in [-0.25, -0.2) is 0 Å². The molecule has 0 spiro atoms. The van der Waals surface area contributed by atoms with Crippen LogP contribution in [0.15, 0.2) is 0 Å². The SMILES string of the molecule is C[C@@H](NC(=S)NC(=O)C12CC3CC(CC(C3)C1)C2)[C@@H]1C[C@@H]2CC[C@@H]1C2. The number of fused-ring (bicyclic) bond motifs is 2. The summed E-state index contributed by atoms with van der Waals surface area (Å²) in [5.74, 6) is 5.20. The third kappa shape index (κ3) is 2.83. The van der Waals surface area contributed by atoms with Crippen molar-refractivity contribution in [2.75, 3.05) is 0 Å². The van der Waals surface area contributed by atoms with Crippen LogP contribution in [0.1, 0.15) is 71.1 Å². The number of thiocarbonyl (C=S) groups is 1. The van der Waals surface area contributed by atoms with Crippen molar-refractivity contribution in [3.8, 4) is 0 Å². The second kappa shape index (κ2) is 5.94. The molecule has 0 radical (unpaired) electrons. The molecule has 138 valence electrons. The summed E-state index contributed by atoms with van der Waals surface area (Å²) in [5, 5.41) is 7.17. The van der Waals surface area contributed by atoms with E-state index in [-0.39, 0.29) is 11.3 Å². The zero-order valence-electron chi connectivity index (χ0n) is 15.4. The highest BCUT2D eigenvalue weighted by molar-refractivity contribution is 7.80. The molecule has 1 amide bonds. The molecule has 4 heteroatoms. The lowest BCUT2D eigenvalue weighted by atomic mass is 9.49. The molecular weight excluding hydrogens is 328 g/mol. The van der Waals surface area contributed by atoms with Crippen molar-refractivity contribution >= 4 is 23.2 Å². The number of carbonyl (C=O) groups is 1. The Labute approximate surface area is 157 Å². The molecule has 25 heavy (non-hydrogen) atoms. The minimum absolute atomic E-state index is 0.101. The maximum Gasteiger partial charge on any atom is 0.232 e. The number of carbonyl (C=O) groups excluding carboxylic acids is 1. The van der Waals surface area contributed by atoms with Gasteiger partial charge in [0.15, 0.2) is 5.11 Å². The first-order valence-corrected chi connectivity index (χ1v) is 11.0. The Morgan fingerprint density at radius 1 is 0.960 bits per heavy atom. The highest BCUT2D eigenvalue weighted by Gasteiger charge is 2.54. The number of rotatable bonds is 3. The summed E-state index contributed by atoms with van der Waals surface area (Å²) in [6.07, 6.45) is 13.0. The molecule has 6 aliphatic rings. The molecule has 0 aromatic carbocycles. The van der Waals surface area contributed by atoms with Crippen LogP contribution in [0.5, 0.6) is 0 Å². The van der Waals surface area contributed by atoms with Gasteiger partial charge in [0.25, 0.3) is 0 Å². The number of hydrogen-bond acceptors (Lipinski definition) is 2. The van der Waals surface area contributed by atoms with Crippen LogP contribution in [0.4, 0.5) is 0 Å². The zero-order valence-corrected chi connectivity index (χ0v) is 16.2. The molecule has 6 saturated carbocycles. The van der Waals surface area contributed by atoms with E-state index in [1.165, 1.54) is 44.9 Å². The minimum Gasteiger partial charge on any atom is -0.360 e. The maximum atomic E-state index is 13.1. The minimum atomic E-state index is -0.101. The topological polar surface area (TPSA) is 41.1 Å². The van der Waals surface area contributed by atoms with Crippen molar-refractivity contribution in [2.45, 2.75) is 77.2 Å². The normalized spacial score (nSPS) is 47.7. The number of nitrogens with one attached hydrogen (secondary N) is 2. The first kappa shape index (κ1) is 16.5. The van der Waals surface area contributed by atoms with Crippen molar-refractivity contribution in [3.05, 3.63) is 0 Å². The predicted octanol–water partition coefficient (Wildman–Crippen LogP) is 4.02. The first-order chi connectivity index (χ1) is 12.0. The molecule has 0 heterocycles. The van der Waals surface area contributed by atoms with Gasteiger partial charge in [-0.2, -0.15) is 0 Å². The summed E-state index contributed by atoms with van der Waals surface area (Å²) < 4.78 is 0. The van der Waals surface area contributed by atoms with Gasteiger partial charge in [-0.15, -0.1) is 0 Å². The Morgan fingerprint density at radius 2 is 1.60 bits per heavy atom. The predicted molar refractivity (Wildman–Crippen MR) is 103 cm³/mol. The van der Waals surface area contributed by atoms with Crippen LogP contribution in [0.25, 0.3) is 0 Å². The first-order valence-electron chi connectivity index (χ1n) is 10.6. The van der Waals surface area contributed by atoms with E-state index in [2.05, 4.69) is 17.6 Å². The Bertz CT molecular complexity index is 553. The molecular formula is C21H32N2OS. The fourth-order valence-electron chi connectivity index (χ4n) is 7.88. The molecule has 0 aromatic heterocycles. The van der Waals surface area contributed by atoms with Gasteiger partial charge in [0.1, 0.15) is 0 Å². The van der Waals surface area contributed by atoms with Crippen molar-refractivity contribution in [1.29, 1.82) is 0 Å². The van der Waals surface area contributed by atoms with E-state index in [0.717, 1.165) is 54.8 Å². The Morgan fingerprint density at radius 3 is 2.12 bits per heavy atom. The van der Waals surface area contributed by atoms with E-state index < -0.39 is 0 Å². The quantitative estimate of drug-likeness (QED) is 0.747. The van der Waals surface area contributed by atoms with E-state index in [1.807, 2.05) is 0 Å². The lowest BCUT2D eigenvalue weighted by Crippen LogP contribution is -2.56. The average Bonchev–Trinajstić information content (AvgIpc) is 3.16. The molecule has 0 saturated heterocycles. The van der Waals surface area contributed by atoms with Gasteiger partial charge in [0.2, 0.25) is 5.91 Å². The summed E-state index contributed by atoms with van der Waals surface area (Å²) in [6.45, 7) is 2.26. The summed E-state index contributed by atoms with van der Waals surface area (Å²) in [5.41, 5.74) is -0.101. The highest BCUT2D eigenvalue weighted by Crippen LogP contribution is 2.60. The Balaban J connectivity index is 1.19. The van der Waals surface area contributed by atoms with Crippen LogP contribution in [-0.4, -0.2) is 17.1 Å². The van der Waals surface area contributed by atoms with Crippen molar-refractivity contribution in [2.24, 2.45) is 40.9 Å². The third-order valence-electron chi connectivity index (χ3n) is 8.54. The van der Waals surface area contributed by atoms with Crippen LogP contribution in [0.3, 0.4) is 0 Å². The highest BCUT2D eigenvalue weighted by atomic mass is 32.1. The van der Waals surface area contributed by atoms with E-state index in [1.54, 1.807) is 0 Å². The molecule has 6 fully saturated rings. The molecule has 6 bridgehead atoms. The van der Waals surface area contributed by atoms with Crippen molar-refractivity contribution in [1.82, 2.24) is 10.6 Å². The average molecular weight is 361 g/mol. The largest absolute Gasteiger partial charge is 0.360 e. The van der Waals surface area contributed by atoms with Gasteiger partial charge in [-0.3, -0.25) is 4.79 Å². The van der Waals surface area contributed by atoms with Crippen molar-refractivity contribution < 1.29 is 4.79 Å². The van der Waals surface area contributed by atoms with E-state index >= 15 is 0 Å². The van der Waals surface area contributed by atoms with Gasteiger partial charge >= 0.3 is 0 Å². The molecule has 0 aromatic rings. The molecule has 0 unspecified atom stereocenters. The van der Waals surface area contributed by atoms with Gasteiger partial charge in [0, 0.05) is 6.04 Å². The molecule has 6 rings (SSSR count). The lowest BCUT2D eigenvalue weighted by Gasteiger charge is -2.55. The fourth-order valence-corrected chi connectivity index (χ4v) is 8.16. The Hall–Kier alpha value is -0.640. The van der Waals surface area contributed by atoms with Gasteiger partial charge in [-0.1, -0.05) is 6.42 Å².